The van der Waals surface area contributed by atoms with Crippen LogP contribution in [0.25, 0.3) is 0 Å². The maximum Gasteiger partial charge on any atom is 0.325 e. The highest BCUT2D eigenvalue weighted by molar-refractivity contribution is 5.87. The van der Waals surface area contributed by atoms with E-state index in [-0.39, 0.29) is 35.8 Å². The molecule has 0 aromatic rings. The Morgan fingerprint density at radius 1 is 1.30 bits per heavy atom. The van der Waals surface area contributed by atoms with Gasteiger partial charge in [0.1, 0.15) is 6.54 Å². The van der Waals surface area contributed by atoms with E-state index in [0.717, 1.165) is 45.2 Å². The molecule has 20 heavy (non-hydrogen) atoms. The van der Waals surface area contributed by atoms with Crippen LogP contribution < -0.4 is 5.32 Å². The second kappa shape index (κ2) is 5.35. The van der Waals surface area contributed by atoms with E-state index >= 15 is 0 Å². The number of nitrogens with one attached hydrogen (secondary N) is 1. The van der Waals surface area contributed by atoms with Crippen molar-refractivity contribution in [2.45, 2.75) is 45.1 Å². The molecule has 112 valence electrons. The molecule has 0 aromatic carbocycles. The van der Waals surface area contributed by atoms with E-state index in [2.05, 4.69) is 5.32 Å². The van der Waals surface area contributed by atoms with Crippen LogP contribution in [0.5, 0.6) is 0 Å². The van der Waals surface area contributed by atoms with Crippen molar-refractivity contribution >= 4 is 11.9 Å². The van der Waals surface area contributed by atoms with E-state index in [4.69, 9.17) is 4.74 Å². The number of carbonyl (C=O) groups is 2. The molecule has 0 bridgehead atoms. The molecule has 1 atom stereocenters. The number of piperidine rings is 1. The molecule has 2 saturated carbocycles. The zero-order valence-corrected chi connectivity index (χ0v) is 12.2. The van der Waals surface area contributed by atoms with Crippen LogP contribution in [0.2, 0.25) is 0 Å². The van der Waals surface area contributed by atoms with Crippen molar-refractivity contribution in [2.75, 3.05) is 26.2 Å². The lowest BCUT2D eigenvalue weighted by molar-refractivity contribution is -0.150. The van der Waals surface area contributed by atoms with Crippen molar-refractivity contribution in [1.29, 1.82) is 0 Å². The van der Waals surface area contributed by atoms with E-state index in [1.165, 1.54) is 0 Å². The quantitative estimate of drug-likeness (QED) is 0.761. The van der Waals surface area contributed by atoms with E-state index in [1.54, 1.807) is 11.8 Å². The molecule has 0 aromatic heterocycles. The van der Waals surface area contributed by atoms with Crippen molar-refractivity contribution in [1.82, 2.24) is 10.2 Å². The molecule has 1 heterocycles. The molecule has 0 radical (unpaired) electrons. The minimum absolute atomic E-state index is 0.141. The SMILES string of the molecule is CCOC(=O)CN(C(=O)C1CC12CCNCC2)C1CC1. The van der Waals surface area contributed by atoms with Gasteiger partial charge in [-0.3, -0.25) is 9.59 Å². The van der Waals surface area contributed by atoms with Crippen LogP contribution in [-0.4, -0.2) is 49.1 Å². The van der Waals surface area contributed by atoms with Crippen LogP contribution in [0.4, 0.5) is 0 Å². The summed E-state index contributed by atoms with van der Waals surface area (Å²) in [6, 6.07) is 0.284. The lowest BCUT2D eigenvalue weighted by Crippen LogP contribution is -2.41. The predicted octanol–water partition coefficient (Wildman–Crippen LogP) is 0.930. The Kier molecular flexibility index (Phi) is 3.71. The van der Waals surface area contributed by atoms with Crippen LogP contribution in [0.1, 0.15) is 39.0 Å². The van der Waals surface area contributed by atoms with Crippen LogP contribution >= 0.6 is 0 Å². The zero-order chi connectivity index (χ0) is 14.2. The molecule has 1 spiro atoms. The summed E-state index contributed by atoms with van der Waals surface area (Å²) in [4.78, 5) is 26.2. The molecule has 1 N–H and O–H groups in total. The second-order valence-corrected chi connectivity index (χ2v) is 6.37. The Morgan fingerprint density at radius 3 is 2.60 bits per heavy atom. The first-order valence-electron chi connectivity index (χ1n) is 7.83. The highest BCUT2D eigenvalue weighted by Gasteiger charge is 2.59. The van der Waals surface area contributed by atoms with Gasteiger partial charge in [0, 0.05) is 12.0 Å². The normalized spacial score (nSPS) is 27.1. The fraction of sp³-hybridized carbons (Fsp3) is 0.867. The molecule has 3 aliphatic rings. The topological polar surface area (TPSA) is 58.6 Å². The Balaban J connectivity index is 1.60. The number of esters is 1. The fourth-order valence-electron chi connectivity index (χ4n) is 3.49. The minimum Gasteiger partial charge on any atom is -0.465 e. The molecule has 1 aliphatic heterocycles. The number of ether oxygens (including phenoxy) is 1. The number of amides is 1. The van der Waals surface area contributed by atoms with Gasteiger partial charge in [-0.05, 0) is 57.5 Å². The zero-order valence-electron chi connectivity index (χ0n) is 12.2. The summed E-state index contributed by atoms with van der Waals surface area (Å²) in [5, 5.41) is 3.35. The summed E-state index contributed by atoms with van der Waals surface area (Å²) in [5.74, 6) is 0.0786. The Labute approximate surface area is 120 Å². The fourth-order valence-corrected chi connectivity index (χ4v) is 3.49. The Hall–Kier alpha value is -1.10. The first kappa shape index (κ1) is 13.9. The van der Waals surface area contributed by atoms with Crippen LogP contribution in [-0.2, 0) is 14.3 Å². The number of carbonyl (C=O) groups excluding carboxylic acids is 2. The monoisotopic (exact) mass is 280 g/mol. The van der Waals surface area contributed by atoms with Crippen LogP contribution in [0, 0.1) is 11.3 Å². The third-order valence-corrected chi connectivity index (χ3v) is 4.96. The van der Waals surface area contributed by atoms with Gasteiger partial charge in [0.25, 0.3) is 0 Å². The van der Waals surface area contributed by atoms with Gasteiger partial charge < -0.3 is 15.0 Å². The molecular formula is C15H24N2O3. The molecular weight excluding hydrogens is 256 g/mol. The lowest BCUT2D eigenvalue weighted by Gasteiger charge is -2.26. The maximum absolute atomic E-state index is 12.7. The average Bonchev–Trinajstić information content (AvgIpc) is 3.34. The van der Waals surface area contributed by atoms with Crippen molar-refractivity contribution in [3.05, 3.63) is 0 Å². The van der Waals surface area contributed by atoms with Gasteiger partial charge in [0.2, 0.25) is 5.91 Å². The average molecular weight is 280 g/mol. The minimum atomic E-state index is -0.271. The summed E-state index contributed by atoms with van der Waals surface area (Å²) < 4.78 is 4.99. The molecule has 1 unspecified atom stereocenters. The van der Waals surface area contributed by atoms with Gasteiger partial charge in [-0.25, -0.2) is 0 Å². The predicted molar refractivity (Wildman–Crippen MR) is 74.0 cm³/mol. The van der Waals surface area contributed by atoms with E-state index in [1.807, 2.05) is 0 Å². The summed E-state index contributed by atoms with van der Waals surface area (Å²) in [6.45, 7) is 4.36. The number of rotatable bonds is 5. The molecule has 2 aliphatic carbocycles. The molecule has 5 heteroatoms. The molecule has 1 amide bonds. The highest BCUT2D eigenvalue weighted by Crippen LogP contribution is 2.59. The largest absolute Gasteiger partial charge is 0.465 e. The van der Waals surface area contributed by atoms with Gasteiger partial charge in [0.05, 0.1) is 6.61 Å². The summed E-state index contributed by atoms with van der Waals surface area (Å²) in [7, 11) is 0. The molecule has 3 fully saturated rings. The smallest absolute Gasteiger partial charge is 0.325 e. The van der Waals surface area contributed by atoms with Gasteiger partial charge >= 0.3 is 5.97 Å². The van der Waals surface area contributed by atoms with Gasteiger partial charge in [0.15, 0.2) is 0 Å². The van der Waals surface area contributed by atoms with E-state index in [0.29, 0.717) is 6.61 Å². The van der Waals surface area contributed by atoms with Crippen LogP contribution in [0.3, 0.4) is 0 Å². The molecule has 5 nitrogen and oxygen atoms in total. The lowest BCUT2D eigenvalue weighted by atomic mass is 9.91. The number of hydrogen-bond donors (Lipinski definition) is 1. The van der Waals surface area contributed by atoms with Gasteiger partial charge in [-0.2, -0.15) is 0 Å². The van der Waals surface area contributed by atoms with Crippen molar-refractivity contribution in [3.8, 4) is 0 Å². The number of hydrogen-bond acceptors (Lipinski definition) is 4. The Morgan fingerprint density at radius 2 is 2.00 bits per heavy atom. The number of nitrogens with zero attached hydrogens (tertiary/aromatic N) is 1. The molecule has 3 rings (SSSR count). The standard InChI is InChI=1S/C15H24N2O3/c1-2-20-13(18)10-17(11-3-4-11)14(19)12-9-15(12)5-7-16-8-6-15/h11-12,16H,2-10H2,1H3. The van der Waals surface area contributed by atoms with Crippen molar-refractivity contribution in [3.63, 3.8) is 0 Å². The first-order valence-corrected chi connectivity index (χ1v) is 7.83. The van der Waals surface area contributed by atoms with E-state index < -0.39 is 0 Å². The summed E-state index contributed by atoms with van der Waals surface area (Å²) in [6.07, 6.45) is 5.28. The molecule has 1 saturated heterocycles. The van der Waals surface area contributed by atoms with Crippen LogP contribution in [0.15, 0.2) is 0 Å². The first-order chi connectivity index (χ1) is 9.66. The second-order valence-electron chi connectivity index (χ2n) is 6.37. The van der Waals surface area contributed by atoms with Gasteiger partial charge in [-0.15, -0.1) is 0 Å². The highest BCUT2D eigenvalue weighted by atomic mass is 16.5. The third kappa shape index (κ3) is 2.68. The van der Waals surface area contributed by atoms with Crippen molar-refractivity contribution < 1.29 is 14.3 Å². The Bertz CT molecular complexity index is 400. The summed E-state index contributed by atoms with van der Waals surface area (Å²) >= 11 is 0. The van der Waals surface area contributed by atoms with Gasteiger partial charge in [-0.1, -0.05) is 0 Å². The van der Waals surface area contributed by atoms with Crippen molar-refractivity contribution in [2.24, 2.45) is 11.3 Å². The van der Waals surface area contributed by atoms with E-state index in [9.17, 15) is 9.59 Å². The summed E-state index contributed by atoms with van der Waals surface area (Å²) in [5.41, 5.74) is 0.240. The third-order valence-electron chi connectivity index (χ3n) is 4.96. The maximum atomic E-state index is 12.7.